The molecule has 1 aromatic rings. The lowest BCUT2D eigenvalue weighted by Gasteiger charge is -1.98. The lowest BCUT2D eigenvalue weighted by molar-refractivity contribution is 0.151. The van der Waals surface area contributed by atoms with E-state index in [-0.39, 0.29) is 5.56 Å². The van der Waals surface area contributed by atoms with Crippen molar-refractivity contribution >= 4 is 6.08 Å². The molecule has 0 N–H and O–H groups in total. The van der Waals surface area contributed by atoms with Crippen molar-refractivity contribution in [2.75, 3.05) is 0 Å². The van der Waals surface area contributed by atoms with Gasteiger partial charge in [-0.15, -0.1) is 0 Å². The molecule has 0 unspecified atom stereocenters. The minimum Gasteiger partial charge on any atom is -0.205 e. The van der Waals surface area contributed by atoms with Gasteiger partial charge in [-0.3, -0.25) is 0 Å². The first-order chi connectivity index (χ1) is 5.74. The van der Waals surface area contributed by atoms with Gasteiger partial charge in [-0.05, 0) is 12.5 Å². The molecule has 0 saturated heterocycles. The Kier molecular flexibility index (Phi) is 2.97. The number of benzene rings is 1. The molecule has 0 aliphatic rings. The number of rotatable bonds is 2. The molecule has 0 aliphatic heterocycles. The predicted molar refractivity (Wildman–Crippen MR) is 46.1 cm³/mol. The van der Waals surface area contributed by atoms with E-state index in [0.717, 1.165) is 5.56 Å². The van der Waals surface area contributed by atoms with Crippen LogP contribution in [0.15, 0.2) is 30.3 Å². The molecule has 0 fully saturated rings. The molecular weight excluding hydrogens is 158 g/mol. The largest absolute Gasteiger partial charge is 0.263 e. The first-order valence-corrected chi connectivity index (χ1v) is 3.75. The van der Waals surface area contributed by atoms with Crippen molar-refractivity contribution in [3.8, 4) is 0 Å². The van der Waals surface area contributed by atoms with Crippen LogP contribution in [0.4, 0.5) is 8.78 Å². The summed E-state index contributed by atoms with van der Waals surface area (Å²) < 4.78 is 24.1. The quantitative estimate of drug-likeness (QED) is 0.632. The average Bonchev–Trinajstić information content (AvgIpc) is 2.06. The Morgan fingerprint density at radius 1 is 1.17 bits per heavy atom. The number of allylic oxidation sites excluding steroid dienone is 1. The van der Waals surface area contributed by atoms with Gasteiger partial charge in [-0.1, -0.05) is 36.4 Å². The number of hydrogen-bond acceptors (Lipinski definition) is 0. The van der Waals surface area contributed by atoms with Crippen LogP contribution in [0.2, 0.25) is 0 Å². The second-order valence-electron chi connectivity index (χ2n) is 2.47. The Labute approximate surface area is 70.5 Å². The summed E-state index contributed by atoms with van der Waals surface area (Å²) in [6.45, 7) is 1.89. The van der Waals surface area contributed by atoms with E-state index >= 15 is 0 Å². The van der Waals surface area contributed by atoms with E-state index in [1.165, 1.54) is 12.1 Å². The van der Waals surface area contributed by atoms with Crippen molar-refractivity contribution < 1.29 is 8.78 Å². The fraction of sp³-hybridized carbons (Fsp3) is 0.200. The Bertz CT molecular complexity index is 260. The van der Waals surface area contributed by atoms with Crippen molar-refractivity contribution in [1.29, 1.82) is 0 Å². The van der Waals surface area contributed by atoms with E-state index in [1.807, 2.05) is 19.1 Å². The molecule has 1 rings (SSSR count). The molecule has 0 heterocycles. The van der Waals surface area contributed by atoms with Gasteiger partial charge in [-0.25, -0.2) is 8.78 Å². The third-order valence-electron chi connectivity index (χ3n) is 1.55. The van der Waals surface area contributed by atoms with Gasteiger partial charge in [-0.2, -0.15) is 0 Å². The number of hydrogen-bond donors (Lipinski definition) is 0. The first-order valence-electron chi connectivity index (χ1n) is 3.75. The molecule has 2 heteroatoms. The molecule has 0 bridgehead atoms. The van der Waals surface area contributed by atoms with Crippen molar-refractivity contribution in [3.63, 3.8) is 0 Å². The highest BCUT2D eigenvalue weighted by atomic mass is 19.3. The SMILES string of the molecule is C/C=C/c1ccc(C(F)F)cc1. The number of halogens is 2. The summed E-state index contributed by atoms with van der Waals surface area (Å²) in [7, 11) is 0. The Hall–Kier alpha value is -1.18. The predicted octanol–water partition coefficient (Wildman–Crippen LogP) is 3.66. The van der Waals surface area contributed by atoms with E-state index in [0.29, 0.717) is 0 Å². The van der Waals surface area contributed by atoms with E-state index < -0.39 is 6.43 Å². The summed E-state index contributed by atoms with van der Waals surface area (Å²) in [6, 6.07) is 6.25. The van der Waals surface area contributed by atoms with Crippen molar-refractivity contribution in [2.24, 2.45) is 0 Å². The Morgan fingerprint density at radius 3 is 2.17 bits per heavy atom. The maximum atomic E-state index is 12.1. The Balaban J connectivity index is 2.85. The third kappa shape index (κ3) is 2.16. The van der Waals surface area contributed by atoms with Gasteiger partial charge >= 0.3 is 0 Å². The van der Waals surface area contributed by atoms with Crippen molar-refractivity contribution in [3.05, 3.63) is 41.5 Å². The maximum absolute atomic E-state index is 12.1. The molecule has 64 valence electrons. The van der Waals surface area contributed by atoms with E-state index in [1.54, 1.807) is 12.1 Å². The van der Waals surface area contributed by atoms with Crippen LogP contribution in [0, 0.1) is 0 Å². The second-order valence-corrected chi connectivity index (χ2v) is 2.47. The first kappa shape index (κ1) is 8.91. The highest BCUT2D eigenvalue weighted by Gasteiger charge is 2.04. The normalized spacial score (nSPS) is 11.3. The molecule has 0 saturated carbocycles. The van der Waals surface area contributed by atoms with Gasteiger partial charge in [0, 0.05) is 5.56 Å². The van der Waals surface area contributed by atoms with Crippen LogP contribution < -0.4 is 0 Å². The molecule has 0 nitrogen and oxygen atoms in total. The van der Waals surface area contributed by atoms with Gasteiger partial charge in [0.15, 0.2) is 0 Å². The van der Waals surface area contributed by atoms with Crippen LogP contribution in [0.5, 0.6) is 0 Å². The van der Waals surface area contributed by atoms with Gasteiger partial charge in [0.05, 0.1) is 0 Å². The molecular formula is C10H10F2. The van der Waals surface area contributed by atoms with Crippen LogP contribution in [0.3, 0.4) is 0 Å². The molecule has 0 atom stereocenters. The molecule has 12 heavy (non-hydrogen) atoms. The molecule has 0 amide bonds. The van der Waals surface area contributed by atoms with Crippen LogP contribution >= 0.6 is 0 Å². The molecule has 0 radical (unpaired) electrons. The van der Waals surface area contributed by atoms with Crippen LogP contribution in [0.1, 0.15) is 24.5 Å². The number of alkyl halides is 2. The van der Waals surface area contributed by atoms with Crippen LogP contribution in [-0.2, 0) is 0 Å². The summed E-state index contributed by atoms with van der Waals surface area (Å²) >= 11 is 0. The smallest absolute Gasteiger partial charge is 0.205 e. The van der Waals surface area contributed by atoms with Gasteiger partial charge < -0.3 is 0 Å². The zero-order chi connectivity index (χ0) is 8.97. The van der Waals surface area contributed by atoms with Crippen molar-refractivity contribution in [1.82, 2.24) is 0 Å². The highest BCUT2D eigenvalue weighted by Crippen LogP contribution is 2.18. The third-order valence-corrected chi connectivity index (χ3v) is 1.55. The van der Waals surface area contributed by atoms with E-state index in [4.69, 9.17) is 0 Å². The monoisotopic (exact) mass is 168 g/mol. The minimum atomic E-state index is -2.37. The molecule has 0 aromatic heterocycles. The van der Waals surface area contributed by atoms with Crippen LogP contribution in [0.25, 0.3) is 6.08 Å². The van der Waals surface area contributed by atoms with E-state index in [2.05, 4.69) is 0 Å². The maximum Gasteiger partial charge on any atom is 0.263 e. The summed E-state index contributed by atoms with van der Waals surface area (Å²) in [5.41, 5.74) is 1.02. The van der Waals surface area contributed by atoms with Crippen molar-refractivity contribution in [2.45, 2.75) is 13.3 Å². The van der Waals surface area contributed by atoms with Gasteiger partial charge in [0.1, 0.15) is 0 Å². The summed E-state index contributed by atoms with van der Waals surface area (Å²) in [6.07, 6.45) is 1.37. The topological polar surface area (TPSA) is 0 Å². The van der Waals surface area contributed by atoms with Crippen LogP contribution in [-0.4, -0.2) is 0 Å². The summed E-state index contributed by atoms with van der Waals surface area (Å²) in [4.78, 5) is 0. The van der Waals surface area contributed by atoms with Gasteiger partial charge in [0.2, 0.25) is 0 Å². The average molecular weight is 168 g/mol. The minimum absolute atomic E-state index is 0.0725. The molecule has 0 spiro atoms. The molecule has 1 aromatic carbocycles. The zero-order valence-electron chi connectivity index (χ0n) is 6.80. The highest BCUT2D eigenvalue weighted by molar-refractivity contribution is 5.49. The lowest BCUT2D eigenvalue weighted by atomic mass is 10.1. The summed E-state index contributed by atoms with van der Waals surface area (Å²) in [5.74, 6) is 0. The zero-order valence-corrected chi connectivity index (χ0v) is 6.80. The molecule has 0 aliphatic carbocycles. The van der Waals surface area contributed by atoms with Gasteiger partial charge in [0.25, 0.3) is 6.43 Å². The standard InChI is InChI=1S/C10H10F2/c1-2-3-8-4-6-9(7-5-8)10(11)12/h2-7,10H,1H3/b3-2+. The summed E-state index contributed by atoms with van der Waals surface area (Å²) in [5, 5.41) is 0. The van der Waals surface area contributed by atoms with E-state index in [9.17, 15) is 8.78 Å². The fourth-order valence-corrected chi connectivity index (χ4v) is 0.945. The fourth-order valence-electron chi connectivity index (χ4n) is 0.945. The second kappa shape index (κ2) is 4.00. The lowest BCUT2D eigenvalue weighted by Crippen LogP contribution is -1.82. The Morgan fingerprint density at radius 2 is 1.75 bits per heavy atom.